The van der Waals surface area contributed by atoms with Crippen molar-refractivity contribution in [2.24, 2.45) is 17.3 Å². The van der Waals surface area contributed by atoms with Gasteiger partial charge in [0.15, 0.2) is 5.13 Å². The van der Waals surface area contributed by atoms with E-state index in [0.29, 0.717) is 17.0 Å². The monoisotopic (exact) mass is 400 g/mol. The Labute approximate surface area is 169 Å². The van der Waals surface area contributed by atoms with Crippen molar-refractivity contribution in [2.75, 3.05) is 5.32 Å². The Hall–Kier alpha value is -1.39. The Morgan fingerprint density at radius 3 is 2.67 bits per heavy atom. The van der Waals surface area contributed by atoms with Gasteiger partial charge in [0.1, 0.15) is 0 Å². The lowest BCUT2D eigenvalue weighted by atomic mass is 9.49. The number of nitrogens with one attached hydrogen (secondary N) is 1. The first-order valence-electron chi connectivity index (χ1n) is 9.88. The Balaban J connectivity index is 1.38. The smallest absolute Gasteiger partial charge is 0.232 e. The van der Waals surface area contributed by atoms with Crippen LogP contribution in [0.1, 0.15) is 49.7 Å². The summed E-state index contributed by atoms with van der Waals surface area (Å²) in [5.74, 6) is 1.39. The van der Waals surface area contributed by atoms with E-state index in [1.54, 1.807) is 0 Å². The summed E-state index contributed by atoms with van der Waals surface area (Å²) in [6, 6.07) is 6.40. The minimum Gasteiger partial charge on any atom is -0.301 e. The second-order valence-electron chi connectivity index (χ2n) is 9.20. The summed E-state index contributed by atoms with van der Waals surface area (Å²) in [5.41, 5.74) is 4.22. The highest BCUT2D eigenvalue weighted by molar-refractivity contribution is 7.14. The van der Waals surface area contributed by atoms with E-state index in [-0.39, 0.29) is 16.2 Å². The third kappa shape index (κ3) is 3.01. The fourth-order valence-corrected chi connectivity index (χ4v) is 7.51. The van der Waals surface area contributed by atoms with Gasteiger partial charge in [-0.25, -0.2) is 4.98 Å². The van der Waals surface area contributed by atoms with Gasteiger partial charge in [0.2, 0.25) is 5.91 Å². The molecule has 4 fully saturated rings. The average Bonchev–Trinajstić information content (AvgIpc) is 3.03. The van der Waals surface area contributed by atoms with Gasteiger partial charge in [0, 0.05) is 15.8 Å². The molecular formula is C22H25ClN2OS. The maximum Gasteiger partial charge on any atom is 0.232 e. The fourth-order valence-electron chi connectivity index (χ4n) is 6.11. The Morgan fingerprint density at radius 2 is 1.96 bits per heavy atom. The van der Waals surface area contributed by atoms with Crippen molar-refractivity contribution in [1.82, 2.24) is 4.98 Å². The third-order valence-electron chi connectivity index (χ3n) is 6.87. The largest absolute Gasteiger partial charge is 0.301 e. The molecule has 2 unspecified atom stereocenters. The first-order chi connectivity index (χ1) is 12.8. The number of aromatic nitrogens is 1. The van der Waals surface area contributed by atoms with Crippen LogP contribution in [0.25, 0.3) is 11.3 Å². The maximum absolute atomic E-state index is 13.3. The Bertz CT molecular complexity index is 907. The van der Waals surface area contributed by atoms with E-state index in [9.17, 15) is 4.79 Å². The Kier molecular flexibility index (Phi) is 3.97. The lowest BCUT2D eigenvalue weighted by Crippen LogP contribution is -2.57. The number of halogens is 1. The van der Waals surface area contributed by atoms with Gasteiger partial charge in [-0.1, -0.05) is 17.7 Å². The number of rotatable bonds is 3. The van der Waals surface area contributed by atoms with Crippen LogP contribution in [0, 0.1) is 31.1 Å². The first kappa shape index (κ1) is 17.7. The van der Waals surface area contributed by atoms with Crippen LogP contribution < -0.4 is 5.32 Å². The number of anilines is 1. The molecule has 6 rings (SSSR count). The quantitative estimate of drug-likeness (QED) is 0.647. The number of hydrogen-bond donors (Lipinski definition) is 1. The van der Waals surface area contributed by atoms with Crippen LogP contribution >= 0.6 is 22.9 Å². The summed E-state index contributed by atoms with van der Waals surface area (Å²) in [6.07, 6.45) is 6.27. The zero-order chi connectivity index (χ0) is 18.8. The van der Waals surface area contributed by atoms with E-state index in [2.05, 4.69) is 37.4 Å². The number of carbonyl (C=O) groups is 1. The van der Waals surface area contributed by atoms with Crippen LogP contribution in [0.15, 0.2) is 23.6 Å². The molecule has 27 heavy (non-hydrogen) atoms. The molecule has 5 heteroatoms. The molecule has 0 radical (unpaired) electrons. The minimum atomic E-state index is -0.281. The summed E-state index contributed by atoms with van der Waals surface area (Å²) in [6.45, 7) is 4.19. The number of nitrogens with zero attached hydrogens (tertiary/aromatic N) is 1. The van der Waals surface area contributed by atoms with Gasteiger partial charge in [0.25, 0.3) is 0 Å². The topological polar surface area (TPSA) is 42.0 Å². The standard InChI is InChI=1S/C22H25ClN2OS/c1-13-3-4-14(2)17(5-13)18-11-27-20(24-18)25-19(26)21-7-15-6-16(8-21)10-22(23,9-15)12-21/h3-5,11,15-16H,6-10,12H2,1-2H3,(H,24,25,26)/t15-,16+,21?,22?. The highest BCUT2D eigenvalue weighted by Gasteiger charge is 2.60. The van der Waals surface area contributed by atoms with Crippen LogP contribution in [-0.2, 0) is 4.79 Å². The number of benzene rings is 1. The van der Waals surface area contributed by atoms with E-state index in [4.69, 9.17) is 16.6 Å². The van der Waals surface area contributed by atoms with Gasteiger partial charge in [-0.05, 0) is 75.8 Å². The van der Waals surface area contributed by atoms with Crippen LogP contribution in [0.4, 0.5) is 5.13 Å². The molecule has 1 heterocycles. The van der Waals surface area contributed by atoms with Crippen molar-refractivity contribution in [1.29, 1.82) is 0 Å². The van der Waals surface area contributed by atoms with Crippen LogP contribution in [0.2, 0.25) is 0 Å². The van der Waals surface area contributed by atoms with Gasteiger partial charge in [0.05, 0.1) is 11.1 Å². The lowest BCUT2D eigenvalue weighted by Gasteiger charge is -2.59. The summed E-state index contributed by atoms with van der Waals surface area (Å²) in [4.78, 5) is 17.8. The predicted molar refractivity (Wildman–Crippen MR) is 111 cm³/mol. The van der Waals surface area contributed by atoms with Crippen LogP contribution in [-0.4, -0.2) is 15.8 Å². The fraction of sp³-hybridized carbons (Fsp3) is 0.545. The van der Waals surface area contributed by atoms with E-state index < -0.39 is 0 Å². The molecule has 1 N–H and O–H groups in total. The molecule has 4 saturated carbocycles. The lowest BCUT2D eigenvalue weighted by molar-refractivity contribution is -0.138. The van der Waals surface area contributed by atoms with Gasteiger partial charge < -0.3 is 5.32 Å². The van der Waals surface area contributed by atoms with Gasteiger partial charge in [-0.3, -0.25) is 4.79 Å². The number of carbonyl (C=O) groups excluding carboxylic acids is 1. The van der Waals surface area contributed by atoms with Gasteiger partial charge >= 0.3 is 0 Å². The summed E-state index contributed by atoms with van der Waals surface area (Å²) >= 11 is 8.41. The average molecular weight is 401 g/mol. The van der Waals surface area contributed by atoms with Gasteiger partial charge in [-0.15, -0.1) is 22.9 Å². The molecule has 4 aliphatic carbocycles. The second kappa shape index (κ2) is 6.05. The molecule has 4 bridgehead atoms. The Morgan fingerprint density at radius 1 is 1.22 bits per heavy atom. The van der Waals surface area contributed by atoms with Crippen LogP contribution in [0.5, 0.6) is 0 Å². The highest BCUT2D eigenvalue weighted by Crippen LogP contribution is 2.64. The molecule has 0 spiro atoms. The van der Waals surface area contributed by atoms with E-state index >= 15 is 0 Å². The normalized spacial score (nSPS) is 34.0. The molecule has 1 aromatic carbocycles. The van der Waals surface area contributed by atoms with E-state index in [1.807, 2.05) is 5.38 Å². The molecule has 4 aliphatic rings. The van der Waals surface area contributed by atoms with Crippen molar-refractivity contribution in [3.05, 3.63) is 34.7 Å². The zero-order valence-corrected chi connectivity index (χ0v) is 17.4. The number of amides is 1. The molecule has 142 valence electrons. The van der Waals surface area contributed by atoms with E-state index in [0.717, 1.165) is 43.4 Å². The molecule has 3 nitrogen and oxygen atoms in total. The summed E-state index contributed by atoms with van der Waals surface area (Å²) in [5, 5.41) is 5.90. The van der Waals surface area contributed by atoms with Crippen molar-refractivity contribution in [3.8, 4) is 11.3 Å². The predicted octanol–water partition coefficient (Wildman–Crippen LogP) is 5.94. The third-order valence-corrected chi connectivity index (χ3v) is 8.07. The molecule has 0 saturated heterocycles. The maximum atomic E-state index is 13.3. The second-order valence-corrected chi connectivity index (χ2v) is 10.9. The number of aryl methyl sites for hydroxylation is 2. The van der Waals surface area contributed by atoms with E-state index in [1.165, 1.54) is 28.9 Å². The molecule has 0 aliphatic heterocycles. The highest BCUT2D eigenvalue weighted by atomic mass is 35.5. The van der Waals surface area contributed by atoms with Crippen LogP contribution in [0.3, 0.4) is 0 Å². The number of thiazole rings is 1. The molecule has 1 amide bonds. The SMILES string of the molecule is Cc1ccc(C)c(-c2csc(NC(=O)C34C[C@@H]5C[C@@H](CC(Cl)(C5)C3)C4)n2)c1. The van der Waals surface area contributed by atoms with Crippen molar-refractivity contribution < 1.29 is 4.79 Å². The molecule has 1 aromatic heterocycles. The van der Waals surface area contributed by atoms with Crippen molar-refractivity contribution >= 4 is 34.0 Å². The summed E-state index contributed by atoms with van der Waals surface area (Å²) < 4.78 is 0. The van der Waals surface area contributed by atoms with Crippen molar-refractivity contribution in [3.63, 3.8) is 0 Å². The molecule has 2 aromatic rings. The first-order valence-corrected chi connectivity index (χ1v) is 11.1. The molecular weight excluding hydrogens is 376 g/mol. The number of alkyl halides is 1. The number of hydrogen-bond acceptors (Lipinski definition) is 3. The summed E-state index contributed by atoms with van der Waals surface area (Å²) in [7, 11) is 0. The molecule has 4 atom stereocenters. The minimum absolute atomic E-state index is 0.142. The zero-order valence-electron chi connectivity index (χ0n) is 15.8. The van der Waals surface area contributed by atoms with Crippen molar-refractivity contribution in [2.45, 2.75) is 57.2 Å². The van der Waals surface area contributed by atoms with Gasteiger partial charge in [-0.2, -0.15) is 0 Å².